The van der Waals surface area contributed by atoms with E-state index in [0.717, 1.165) is 21.1 Å². The van der Waals surface area contributed by atoms with Crippen molar-refractivity contribution in [3.8, 4) is 11.5 Å². The third kappa shape index (κ3) is 3.83. The van der Waals surface area contributed by atoms with E-state index in [1.54, 1.807) is 20.4 Å². The van der Waals surface area contributed by atoms with E-state index in [4.69, 9.17) is 21.1 Å². The fourth-order valence-corrected chi connectivity index (χ4v) is 3.03. The zero-order chi connectivity index (χ0) is 17.8. The molecule has 25 heavy (non-hydrogen) atoms. The Morgan fingerprint density at radius 2 is 1.84 bits per heavy atom. The maximum atomic E-state index is 6.14. The Kier molecular flexibility index (Phi) is 5.35. The number of anilines is 1. The molecular weight excluding hydrogens is 408 g/mol. The van der Waals surface area contributed by atoms with Gasteiger partial charge >= 0.3 is 0 Å². The van der Waals surface area contributed by atoms with Crippen LogP contribution in [0.1, 0.15) is 5.56 Å². The Morgan fingerprint density at radius 1 is 1.12 bits per heavy atom. The topological polar surface area (TPSA) is 68.6 Å². The van der Waals surface area contributed by atoms with Gasteiger partial charge in [0.15, 0.2) is 22.5 Å². The molecule has 0 aliphatic heterocycles. The number of hydrogen-bond acceptors (Lipinski definition) is 6. The quantitative estimate of drug-likeness (QED) is 0.485. The van der Waals surface area contributed by atoms with E-state index >= 15 is 0 Å². The van der Waals surface area contributed by atoms with Crippen molar-refractivity contribution in [2.24, 2.45) is 5.10 Å². The van der Waals surface area contributed by atoms with Gasteiger partial charge in [0.05, 0.1) is 35.9 Å². The number of nitrogens with one attached hydrogen (secondary N) is 1. The number of hydrazone groups is 1. The summed E-state index contributed by atoms with van der Waals surface area (Å²) in [5.41, 5.74) is 5.09. The molecule has 0 saturated carbocycles. The maximum absolute atomic E-state index is 6.14. The van der Waals surface area contributed by atoms with E-state index in [1.807, 2.05) is 36.4 Å². The maximum Gasteiger partial charge on any atom is 0.185 e. The lowest BCUT2D eigenvalue weighted by molar-refractivity contribution is 0.353. The first-order chi connectivity index (χ1) is 12.1. The number of rotatable bonds is 5. The number of nitrogens with zero attached hydrogens (tertiary/aromatic N) is 3. The average Bonchev–Trinajstić information content (AvgIpc) is 2.61. The Morgan fingerprint density at radius 3 is 2.52 bits per heavy atom. The molecule has 1 N–H and O–H groups in total. The van der Waals surface area contributed by atoms with Crippen molar-refractivity contribution in [1.82, 2.24) is 9.97 Å². The van der Waals surface area contributed by atoms with Gasteiger partial charge in [-0.2, -0.15) is 5.10 Å². The second-order valence-electron chi connectivity index (χ2n) is 4.96. The van der Waals surface area contributed by atoms with Gasteiger partial charge in [0.1, 0.15) is 0 Å². The lowest BCUT2D eigenvalue weighted by atomic mass is 10.2. The van der Waals surface area contributed by atoms with Crippen molar-refractivity contribution < 1.29 is 9.47 Å². The number of benzene rings is 2. The smallest absolute Gasteiger partial charge is 0.185 e. The highest BCUT2D eigenvalue weighted by molar-refractivity contribution is 9.10. The fourth-order valence-electron chi connectivity index (χ4n) is 2.23. The number of para-hydroxylation sites is 2. The normalized spacial score (nSPS) is 11.0. The predicted octanol–water partition coefficient (Wildman–Crippen LogP) is 4.51. The molecule has 0 amide bonds. The SMILES string of the molecule is COc1cc(/C=N/Nc2nc3ccccc3nc2Cl)cc(Br)c1OC. The molecule has 3 aromatic rings. The van der Waals surface area contributed by atoms with Gasteiger partial charge in [-0.3, -0.25) is 5.43 Å². The summed E-state index contributed by atoms with van der Waals surface area (Å²) in [6.07, 6.45) is 1.62. The van der Waals surface area contributed by atoms with Crippen LogP contribution in [-0.4, -0.2) is 30.4 Å². The van der Waals surface area contributed by atoms with E-state index < -0.39 is 0 Å². The van der Waals surface area contributed by atoms with Gasteiger partial charge in [-0.1, -0.05) is 23.7 Å². The zero-order valence-electron chi connectivity index (χ0n) is 13.5. The minimum absolute atomic E-state index is 0.254. The Balaban J connectivity index is 1.84. The second kappa shape index (κ2) is 7.67. The monoisotopic (exact) mass is 420 g/mol. The van der Waals surface area contributed by atoms with Crippen molar-refractivity contribution in [2.75, 3.05) is 19.6 Å². The Bertz CT molecular complexity index is 949. The molecule has 0 unspecified atom stereocenters. The molecular formula is C17H14BrClN4O2. The summed E-state index contributed by atoms with van der Waals surface area (Å²) in [5.74, 6) is 1.61. The molecule has 1 heterocycles. The highest BCUT2D eigenvalue weighted by atomic mass is 79.9. The van der Waals surface area contributed by atoms with Gasteiger partial charge in [0.25, 0.3) is 0 Å². The lowest BCUT2D eigenvalue weighted by Gasteiger charge is -2.10. The van der Waals surface area contributed by atoms with Crippen molar-refractivity contribution in [2.45, 2.75) is 0 Å². The second-order valence-corrected chi connectivity index (χ2v) is 6.17. The van der Waals surface area contributed by atoms with Gasteiger partial charge in [-0.15, -0.1) is 0 Å². The average molecular weight is 422 g/mol. The number of halogens is 2. The molecule has 0 aliphatic rings. The molecule has 0 aliphatic carbocycles. The predicted molar refractivity (Wildman–Crippen MR) is 103 cm³/mol. The molecule has 2 aromatic carbocycles. The van der Waals surface area contributed by atoms with Crippen LogP contribution in [0.25, 0.3) is 11.0 Å². The van der Waals surface area contributed by atoms with Crippen LogP contribution < -0.4 is 14.9 Å². The lowest BCUT2D eigenvalue weighted by Crippen LogP contribution is -1.98. The molecule has 6 nitrogen and oxygen atoms in total. The summed E-state index contributed by atoms with van der Waals surface area (Å²) in [6, 6.07) is 11.1. The standard InChI is InChI=1S/C17H14BrClN4O2/c1-24-14-8-10(7-11(18)15(14)25-2)9-20-23-17-16(19)21-12-5-3-4-6-13(12)22-17/h3-9H,1-2H3,(H,22,23)/b20-9+. The summed E-state index contributed by atoms with van der Waals surface area (Å²) in [6.45, 7) is 0. The highest BCUT2D eigenvalue weighted by Gasteiger charge is 2.10. The first kappa shape index (κ1) is 17.4. The molecule has 0 fully saturated rings. The minimum atomic E-state index is 0.254. The molecule has 0 spiro atoms. The van der Waals surface area contributed by atoms with Crippen molar-refractivity contribution >= 4 is 50.6 Å². The largest absolute Gasteiger partial charge is 0.493 e. The number of aromatic nitrogens is 2. The highest BCUT2D eigenvalue weighted by Crippen LogP contribution is 2.35. The Labute approximate surface area is 158 Å². The minimum Gasteiger partial charge on any atom is -0.493 e. The molecule has 0 saturated heterocycles. The van der Waals surface area contributed by atoms with E-state index in [2.05, 4.69) is 36.4 Å². The van der Waals surface area contributed by atoms with E-state index in [1.165, 1.54) is 0 Å². The molecule has 0 atom stereocenters. The van der Waals surface area contributed by atoms with Crippen LogP contribution >= 0.6 is 27.5 Å². The van der Waals surface area contributed by atoms with Crippen LogP contribution in [0, 0.1) is 0 Å². The summed E-state index contributed by atoms with van der Waals surface area (Å²) in [4.78, 5) is 8.70. The summed E-state index contributed by atoms with van der Waals surface area (Å²) in [7, 11) is 3.16. The first-order valence-electron chi connectivity index (χ1n) is 7.25. The number of methoxy groups -OCH3 is 2. The molecule has 8 heteroatoms. The van der Waals surface area contributed by atoms with E-state index in [9.17, 15) is 0 Å². The fraction of sp³-hybridized carbons (Fsp3) is 0.118. The van der Waals surface area contributed by atoms with Gasteiger partial charge in [-0.05, 0) is 45.8 Å². The molecule has 128 valence electrons. The summed E-state index contributed by atoms with van der Waals surface area (Å²) < 4.78 is 11.4. The van der Waals surface area contributed by atoms with Gasteiger partial charge < -0.3 is 9.47 Å². The van der Waals surface area contributed by atoms with E-state index in [-0.39, 0.29) is 5.15 Å². The molecule has 3 rings (SSSR count). The zero-order valence-corrected chi connectivity index (χ0v) is 15.8. The molecule has 1 aromatic heterocycles. The van der Waals surface area contributed by atoms with E-state index in [0.29, 0.717) is 17.3 Å². The Hall–Kier alpha value is -2.38. The number of fused-ring (bicyclic) bond motifs is 1. The van der Waals surface area contributed by atoms with Crippen molar-refractivity contribution in [3.63, 3.8) is 0 Å². The summed E-state index contributed by atoms with van der Waals surface area (Å²) >= 11 is 9.59. The third-order valence-corrected chi connectivity index (χ3v) is 4.22. The molecule has 0 bridgehead atoms. The van der Waals surface area contributed by atoms with Crippen LogP contribution in [-0.2, 0) is 0 Å². The van der Waals surface area contributed by atoms with Crippen LogP contribution in [0.15, 0.2) is 46.0 Å². The number of hydrogen-bond donors (Lipinski definition) is 1. The van der Waals surface area contributed by atoms with Gasteiger partial charge in [0, 0.05) is 0 Å². The van der Waals surface area contributed by atoms with Crippen molar-refractivity contribution in [3.05, 3.63) is 51.6 Å². The van der Waals surface area contributed by atoms with Gasteiger partial charge in [-0.25, -0.2) is 9.97 Å². The van der Waals surface area contributed by atoms with Crippen LogP contribution in [0.2, 0.25) is 5.15 Å². The van der Waals surface area contributed by atoms with Crippen LogP contribution in [0.4, 0.5) is 5.82 Å². The summed E-state index contributed by atoms with van der Waals surface area (Å²) in [5, 5.41) is 4.43. The van der Waals surface area contributed by atoms with Crippen molar-refractivity contribution in [1.29, 1.82) is 0 Å². The number of ether oxygens (including phenoxy) is 2. The third-order valence-electron chi connectivity index (χ3n) is 3.37. The van der Waals surface area contributed by atoms with Gasteiger partial charge in [0.2, 0.25) is 0 Å². The van der Waals surface area contributed by atoms with Crippen LogP contribution in [0.3, 0.4) is 0 Å². The molecule has 0 radical (unpaired) electrons. The first-order valence-corrected chi connectivity index (χ1v) is 8.42. The van der Waals surface area contributed by atoms with Crippen LogP contribution in [0.5, 0.6) is 11.5 Å².